The number of carbonyl (C=O) groups excluding carboxylic acids is 2. The molecule has 6 nitrogen and oxygen atoms in total. The fourth-order valence-electron chi connectivity index (χ4n) is 4.47. The van der Waals surface area contributed by atoms with Crippen molar-refractivity contribution in [3.05, 3.63) is 65.7 Å². The first-order valence-electron chi connectivity index (χ1n) is 9.49. The Morgan fingerprint density at radius 1 is 1.00 bits per heavy atom. The number of nitrogens with one attached hydrogen (secondary N) is 1. The summed E-state index contributed by atoms with van der Waals surface area (Å²) in [6, 6.07) is 15.7. The highest BCUT2D eigenvalue weighted by Crippen LogP contribution is 2.49. The molecular formula is C22H22N2O4. The van der Waals surface area contributed by atoms with Gasteiger partial charge in [0.05, 0.1) is 5.41 Å². The molecule has 2 fully saturated rings. The molecule has 0 unspecified atom stereocenters. The minimum Gasteiger partial charge on any atom is -0.481 e. The summed E-state index contributed by atoms with van der Waals surface area (Å²) in [5.41, 5.74) is 0.846. The van der Waals surface area contributed by atoms with Crippen molar-refractivity contribution in [1.29, 1.82) is 0 Å². The standard InChI is InChI=1S/C22H22N2O4/c25-19(23-18-6-2-1-3-7-18)15-8-10-16(11-9-15)20(26)24-13-17-5-4-12-22(17,14-24)21(27)28/h1-3,6-11,17H,4-5,12-14H2,(H,23,25)(H,27,28)/t17-,22+/m0/s1. The number of hydrogen-bond donors (Lipinski definition) is 2. The summed E-state index contributed by atoms with van der Waals surface area (Å²) < 4.78 is 0. The monoisotopic (exact) mass is 378 g/mol. The Balaban J connectivity index is 1.45. The molecule has 1 aliphatic carbocycles. The Morgan fingerprint density at radius 2 is 1.68 bits per heavy atom. The van der Waals surface area contributed by atoms with Gasteiger partial charge in [-0.1, -0.05) is 24.6 Å². The molecule has 0 spiro atoms. The molecule has 4 rings (SSSR count). The van der Waals surface area contributed by atoms with Gasteiger partial charge in [-0.25, -0.2) is 0 Å². The van der Waals surface area contributed by atoms with E-state index in [1.165, 1.54) is 0 Å². The lowest BCUT2D eigenvalue weighted by Crippen LogP contribution is -2.37. The molecule has 1 saturated heterocycles. The Labute approximate surface area is 163 Å². The number of nitrogens with zero attached hydrogens (tertiary/aromatic N) is 1. The van der Waals surface area contributed by atoms with Gasteiger partial charge >= 0.3 is 5.97 Å². The average Bonchev–Trinajstić information content (AvgIpc) is 3.27. The molecule has 2 aromatic rings. The summed E-state index contributed by atoms with van der Waals surface area (Å²) in [7, 11) is 0. The van der Waals surface area contributed by atoms with E-state index < -0.39 is 11.4 Å². The first kappa shape index (κ1) is 18.2. The molecule has 0 aromatic heterocycles. The van der Waals surface area contributed by atoms with E-state index in [-0.39, 0.29) is 24.3 Å². The van der Waals surface area contributed by atoms with E-state index in [0.717, 1.165) is 12.8 Å². The maximum atomic E-state index is 12.8. The molecule has 2 aromatic carbocycles. The molecule has 144 valence electrons. The van der Waals surface area contributed by atoms with Crippen molar-refractivity contribution in [3.63, 3.8) is 0 Å². The first-order chi connectivity index (χ1) is 13.5. The van der Waals surface area contributed by atoms with Gasteiger partial charge in [0.15, 0.2) is 0 Å². The van der Waals surface area contributed by atoms with E-state index in [9.17, 15) is 19.5 Å². The van der Waals surface area contributed by atoms with Crippen molar-refractivity contribution in [1.82, 2.24) is 4.90 Å². The van der Waals surface area contributed by atoms with Crippen LogP contribution in [0.4, 0.5) is 5.69 Å². The van der Waals surface area contributed by atoms with Crippen LogP contribution in [0, 0.1) is 11.3 Å². The molecule has 2 amide bonds. The summed E-state index contributed by atoms with van der Waals surface area (Å²) in [5, 5.41) is 12.5. The largest absolute Gasteiger partial charge is 0.481 e. The van der Waals surface area contributed by atoms with Crippen molar-refractivity contribution in [2.24, 2.45) is 11.3 Å². The zero-order chi connectivity index (χ0) is 19.7. The quantitative estimate of drug-likeness (QED) is 0.855. The predicted molar refractivity (Wildman–Crippen MR) is 104 cm³/mol. The summed E-state index contributed by atoms with van der Waals surface area (Å²) in [5.74, 6) is -1.18. The Morgan fingerprint density at radius 3 is 2.32 bits per heavy atom. The van der Waals surface area contributed by atoms with Crippen LogP contribution < -0.4 is 5.32 Å². The van der Waals surface area contributed by atoms with Crippen LogP contribution in [0.3, 0.4) is 0 Å². The number of carbonyl (C=O) groups is 3. The molecule has 0 bridgehead atoms. The fourth-order valence-corrected chi connectivity index (χ4v) is 4.47. The molecule has 2 aliphatic rings. The molecule has 28 heavy (non-hydrogen) atoms. The Hall–Kier alpha value is -3.15. The van der Waals surface area contributed by atoms with Crippen LogP contribution in [0.15, 0.2) is 54.6 Å². The lowest BCUT2D eigenvalue weighted by atomic mass is 9.81. The van der Waals surface area contributed by atoms with Crippen molar-refractivity contribution in [2.45, 2.75) is 19.3 Å². The second kappa shape index (κ2) is 7.11. The first-order valence-corrected chi connectivity index (χ1v) is 9.49. The predicted octanol–water partition coefficient (Wildman–Crippen LogP) is 3.27. The lowest BCUT2D eigenvalue weighted by Gasteiger charge is -2.23. The summed E-state index contributed by atoms with van der Waals surface area (Å²) in [6.07, 6.45) is 2.40. The maximum absolute atomic E-state index is 12.8. The van der Waals surface area contributed by atoms with Gasteiger partial charge in [0.1, 0.15) is 0 Å². The summed E-state index contributed by atoms with van der Waals surface area (Å²) >= 11 is 0. The molecule has 1 aliphatic heterocycles. The highest BCUT2D eigenvalue weighted by atomic mass is 16.4. The zero-order valence-electron chi connectivity index (χ0n) is 15.4. The van der Waals surface area contributed by atoms with Crippen LogP contribution in [0.2, 0.25) is 0 Å². The molecule has 1 saturated carbocycles. The van der Waals surface area contributed by atoms with Gasteiger partial charge in [0.25, 0.3) is 11.8 Å². The van der Waals surface area contributed by atoms with Crippen LogP contribution in [-0.2, 0) is 4.79 Å². The van der Waals surface area contributed by atoms with E-state index in [0.29, 0.717) is 29.8 Å². The topological polar surface area (TPSA) is 86.7 Å². The average molecular weight is 378 g/mol. The molecule has 0 radical (unpaired) electrons. The number of carboxylic acid groups (broad SMARTS) is 1. The normalized spacial score (nSPS) is 23.3. The van der Waals surface area contributed by atoms with Gasteiger partial charge in [-0.2, -0.15) is 0 Å². The second-order valence-electron chi connectivity index (χ2n) is 7.63. The summed E-state index contributed by atoms with van der Waals surface area (Å²) in [4.78, 5) is 38.6. The van der Waals surface area contributed by atoms with Crippen molar-refractivity contribution in [2.75, 3.05) is 18.4 Å². The van der Waals surface area contributed by atoms with E-state index in [1.807, 2.05) is 18.2 Å². The fraction of sp³-hybridized carbons (Fsp3) is 0.318. The Bertz CT molecular complexity index is 910. The number of aliphatic carboxylic acids is 1. The Kier molecular flexibility index (Phi) is 4.63. The third-order valence-corrected chi connectivity index (χ3v) is 6.01. The number of amides is 2. The van der Waals surface area contributed by atoms with E-state index in [1.54, 1.807) is 41.3 Å². The number of carboxylic acids is 1. The van der Waals surface area contributed by atoms with Gasteiger partial charge in [-0.15, -0.1) is 0 Å². The van der Waals surface area contributed by atoms with E-state index in [2.05, 4.69) is 5.32 Å². The number of fused-ring (bicyclic) bond motifs is 1. The minimum absolute atomic E-state index is 0.0323. The van der Waals surface area contributed by atoms with Gasteiger partial charge in [-0.3, -0.25) is 14.4 Å². The highest BCUT2D eigenvalue weighted by molar-refractivity contribution is 6.05. The number of hydrogen-bond acceptors (Lipinski definition) is 3. The van der Waals surface area contributed by atoms with Gasteiger partial charge in [-0.05, 0) is 55.2 Å². The maximum Gasteiger partial charge on any atom is 0.311 e. The van der Waals surface area contributed by atoms with Gasteiger partial charge in [0.2, 0.25) is 0 Å². The van der Waals surface area contributed by atoms with Crippen molar-refractivity contribution in [3.8, 4) is 0 Å². The molecule has 2 N–H and O–H groups in total. The number of rotatable bonds is 4. The minimum atomic E-state index is -0.793. The smallest absolute Gasteiger partial charge is 0.311 e. The molecule has 1 heterocycles. The van der Waals surface area contributed by atoms with Crippen molar-refractivity contribution < 1.29 is 19.5 Å². The number of anilines is 1. The van der Waals surface area contributed by atoms with Crippen LogP contribution in [0.1, 0.15) is 40.0 Å². The highest BCUT2D eigenvalue weighted by Gasteiger charge is 2.55. The van der Waals surface area contributed by atoms with Crippen LogP contribution in [0.5, 0.6) is 0 Å². The number of benzene rings is 2. The second-order valence-corrected chi connectivity index (χ2v) is 7.63. The summed E-state index contributed by atoms with van der Waals surface area (Å²) in [6.45, 7) is 0.753. The lowest BCUT2D eigenvalue weighted by molar-refractivity contribution is -0.149. The van der Waals surface area contributed by atoms with Crippen LogP contribution >= 0.6 is 0 Å². The third-order valence-electron chi connectivity index (χ3n) is 6.01. The van der Waals surface area contributed by atoms with Crippen molar-refractivity contribution >= 4 is 23.5 Å². The molecular weight excluding hydrogens is 356 g/mol. The van der Waals surface area contributed by atoms with Crippen LogP contribution in [-0.4, -0.2) is 40.9 Å². The van der Waals surface area contributed by atoms with E-state index in [4.69, 9.17) is 0 Å². The third kappa shape index (κ3) is 3.15. The SMILES string of the molecule is O=C(Nc1ccccc1)c1ccc(C(=O)N2C[C@@H]3CCC[C@@]3(C(=O)O)C2)cc1. The van der Waals surface area contributed by atoms with E-state index >= 15 is 0 Å². The zero-order valence-corrected chi connectivity index (χ0v) is 15.4. The molecule has 6 heteroatoms. The number of para-hydroxylation sites is 1. The van der Waals surface area contributed by atoms with Gasteiger partial charge in [0, 0.05) is 29.9 Å². The van der Waals surface area contributed by atoms with Gasteiger partial charge < -0.3 is 15.3 Å². The van der Waals surface area contributed by atoms with Crippen LogP contribution in [0.25, 0.3) is 0 Å². The molecule has 2 atom stereocenters. The number of likely N-dealkylation sites (tertiary alicyclic amines) is 1.